The maximum absolute atomic E-state index is 12.7. The molecule has 0 aliphatic heterocycles. The summed E-state index contributed by atoms with van der Waals surface area (Å²) in [5, 5.41) is 16.1. The molecule has 29 heavy (non-hydrogen) atoms. The molecule has 0 unspecified atom stereocenters. The SMILES string of the molecule is CC(C)c1cc(NC(=O)Cn2cc(-c3cnn(C)c3)cn2)n(-c2ccccc2)n1. The van der Waals surface area contributed by atoms with Gasteiger partial charge in [0.15, 0.2) is 0 Å². The fourth-order valence-corrected chi connectivity index (χ4v) is 3.04. The highest BCUT2D eigenvalue weighted by molar-refractivity contribution is 5.90. The van der Waals surface area contributed by atoms with Crippen LogP contribution in [0, 0.1) is 0 Å². The first-order chi connectivity index (χ1) is 14.0. The zero-order chi connectivity index (χ0) is 20.4. The van der Waals surface area contributed by atoms with E-state index in [0.29, 0.717) is 5.82 Å². The van der Waals surface area contributed by atoms with Crippen molar-refractivity contribution in [2.75, 3.05) is 5.32 Å². The largest absolute Gasteiger partial charge is 0.309 e. The molecule has 0 aliphatic rings. The van der Waals surface area contributed by atoms with Crippen LogP contribution in [-0.2, 0) is 18.4 Å². The van der Waals surface area contributed by atoms with Crippen molar-refractivity contribution in [2.45, 2.75) is 26.3 Å². The lowest BCUT2D eigenvalue weighted by molar-refractivity contribution is -0.116. The second-order valence-electron chi connectivity index (χ2n) is 7.23. The summed E-state index contributed by atoms with van der Waals surface area (Å²) in [6.07, 6.45) is 7.25. The maximum atomic E-state index is 12.7. The van der Waals surface area contributed by atoms with E-state index >= 15 is 0 Å². The van der Waals surface area contributed by atoms with Crippen molar-refractivity contribution in [3.8, 4) is 16.8 Å². The van der Waals surface area contributed by atoms with E-state index < -0.39 is 0 Å². The van der Waals surface area contributed by atoms with Gasteiger partial charge in [-0.05, 0) is 18.1 Å². The van der Waals surface area contributed by atoms with Gasteiger partial charge >= 0.3 is 0 Å². The minimum atomic E-state index is -0.168. The zero-order valence-electron chi connectivity index (χ0n) is 16.6. The first-order valence-corrected chi connectivity index (χ1v) is 9.46. The van der Waals surface area contributed by atoms with Crippen molar-refractivity contribution >= 4 is 11.7 Å². The van der Waals surface area contributed by atoms with Crippen LogP contribution >= 0.6 is 0 Å². The lowest BCUT2D eigenvalue weighted by Crippen LogP contribution is -2.20. The second kappa shape index (κ2) is 7.75. The molecule has 0 fully saturated rings. The number of para-hydroxylation sites is 1. The number of carbonyl (C=O) groups excluding carboxylic acids is 1. The summed E-state index contributed by atoms with van der Waals surface area (Å²) in [5.74, 6) is 0.728. The van der Waals surface area contributed by atoms with Crippen LogP contribution in [0.3, 0.4) is 0 Å². The van der Waals surface area contributed by atoms with E-state index in [9.17, 15) is 4.79 Å². The third-order valence-electron chi connectivity index (χ3n) is 4.57. The number of amides is 1. The Morgan fingerprint density at radius 2 is 1.79 bits per heavy atom. The Kier molecular flexibility index (Phi) is 4.99. The predicted molar refractivity (Wildman–Crippen MR) is 111 cm³/mol. The van der Waals surface area contributed by atoms with Crippen LogP contribution in [-0.4, -0.2) is 35.2 Å². The van der Waals surface area contributed by atoms with Crippen molar-refractivity contribution in [2.24, 2.45) is 7.05 Å². The summed E-state index contributed by atoms with van der Waals surface area (Å²) in [6.45, 7) is 4.26. The zero-order valence-corrected chi connectivity index (χ0v) is 16.6. The first-order valence-electron chi connectivity index (χ1n) is 9.46. The summed E-state index contributed by atoms with van der Waals surface area (Å²) in [5.41, 5.74) is 3.69. The number of benzene rings is 1. The average molecular weight is 389 g/mol. The lowest BCUT2D eigenvalue weighted by atomic mass is 10.1. The normalized spacial score (nSPS) is 11.2. The van der Waals surface area contributed by atoms with E-state index in [0.717, 1.165) is 22.5 Å². The molecule has 3 heterocycles. The highest BCUT2D eigenvalue weighted by atomic mass is 16.2. The van der Waals surface area contributed by atoms with Crippen molar-refractivity contribution < 1.29 is 4.79 Å². The Bertz CT molecular complexity index is 1120. The molecular formula is C21H23N7O. The number of hydrogen-bond donors (Lipinski definition) is 1. The molecule has 1 amide bonds. The van der Waals surface area contributed by atoms with E-state index in [1.165, 1.54) is 0 Å². The molecule has 0 aliphatic carbocycles. The van der Waals surface area contributed by atoms with E-state index in [-0.39, 0.29) is 18.4 Å². The fourth-order valence-electron chi connectivity index (χ4n) is 3.04. The van der Waals surface area contributed by atoms with Gasteiger partial charge in [-0.3, -0.25) is 14.2 Å². The minimum absolute atomic E-state index is 0.108. The molecule has 0 atom stereocenters. The summed E-state index contributed by atoms with van der Waals surface area (Å²) < 4.78 is 5.11. The van der Waals surface area contributed by atoms with Crippen molar-refractivity contribution in [3.63, 3.8) is 0 Å². The summed E-state index contributed by atoms with van der Waals surface area (Å²) in [4.78, 5) is 12.7. The van der Waals surface area contributed by atoms with E-state index in [2.05, 4.69) is 34.5 Å². The maximum Gasteiger partial charge on any atom is 0.247 e. The summed E-state index contributed by atoms with van der Waals surface area (Å²) >= 11 is 0. The quantitative estimate of drug-likeness (QED) is 0.549. The topological polar surface area (TPSA) is 82.6 Å². The predicted octanol–water partition coefficient (Wildman–Crippen LogP) is 3.23. The number of aryl methyl sites for hydroxylation is 1. The van der Waals surface area contributed by atoms with E-state index in [1.54, 1.807) is 26.4 Å². The molecule has 8 nitrogen and oxygen atoms in total. The number of nitrogens with one attached hydrogen (secondary N) is 1. The van der Waals surface area contributed by atoms with Gasteiger partial charge in [-0.2, -0.15) is 15.3 Å². The van der Waals surface area contributed by atoms with Crippen LogP contribution < -0.4 is 5.32 Å². The molecule has 148 valence electrons. The Labute approximate surface area is 168 Å². The van der Waals surface area contributed by atoms with Gasteiger partial charge in [-0.15, -0.1) is 0 Å². The molecule has 4 aromatic rings. The number of anilines is 1. The van der Waals surface area contributed by atoms with Crippen molar-refractivity contribution in [1.82, 2.24) is 29.3 Å². The van der Waals surface area contributed by atoms with Crippen LogP contribution in [0.5, 0.6) is 0 Å². The molecule has 0 bridgehead atoms. The van der Waals surface area contributed by atoms with Crippen LogP contribution in [0.2, 0.25) is 0 Å². The highest BCUT2D eigenvalue weighted by Crippen LogP contribution is 2.22. The van der Waals surface area contributed by atoms with Crippen molar-refractivity contribution in [3.05, 3.63) is 66.9 Å². The molecule has 0 radical (unpaired) electrons. The molecule has 8 heteroatoms. The minimum Gasteiger partial charge on any atom is -0.309 e. The molecule has 0 spiro atoms. The molecular weight excluding hydrogens is 366 g/mol. The van der Waals surface area contributed by atoms with Crippen molar-refractivity contribution in [1.29, 1.82) is 0 Å². The Balaban J connectivity index is 1.52. The third kappa shape index (κ3) is 4.11. The van der Waals surface area contributed by atoms with Gasteiger partial charge in [0.25, 0.3) is 0 Å². The second-order valence-corrected chi connectivity index (χ2v) is 7.23. The number of aromatic nitrogens is 6. The van der Waals surface area contributed by atoms with Gasteiger partial charge < -0.3 is 5.32 Å². The van der Waals surface area contributed by atoms with Gasteiger partial charge in [0, 0.05) is 36.6 Å². The molecule has 0 saturated heterocycles. The fraction of sp³-hybridized carbons (Fsp3) is 0.238. The Hall–Kier alpha value is -3.68. The third-order valence-corrected chi connectivity index (χ3v) is 4.57. The van der Waals surface area contributed by atoms with Gasteiger partial charge in [0.1, 0.15) is 12.4 Å². The average Bonchev–Trinajstić information content (AvgIpc) is 3.42. The highest BCUT2D eigenvalue weighted by Gasteiger charge is 2.15. The van der Waals surface area contributed by atoms with E-state index in [1.807, 2.05) is 55.8 Å². The van der Waals surface area contributed by atoms with Gasteiger partial charge in [0.05, 0.1) is 23.8 Å². The van der Waals surface area contributed by atoms with Gasteiger partial charge in [0.2, 0.25) is 5.91 Å². The van der Waals surface area contributed by atoms with Crippen LogP contribution in [0.25, 0.3) is 16.8 Å². The monoisotopic (exact) mass is 389 g/mol. The standard InChI is InChI=1S/C21H23N7O/c1-15(2)19-9-20(28(25-19)18-7-5-4-6-8-18)24-21(29)14-27-13-17(11-23-27)16-10-22-26(3)12-16/h4-13,15H,14H2,1-3H3,(H,24,29). The van der Waals surface area contributed by atoms with Crippen LogP contribution in [0.4, 0.5) is 5.82 Å². The first kappa shape index (κ1) is 18.7. The molecule has 0 saturated carbocycles. The number of nitrogens with zero attached hydrogens (tertiary/aromatic N) is 6. The van der Waals surface area contributed by atoms with Gasteiger partial charge in [-0.25, -0.2) is 4.68 Å². The summed E-state index contributed by atoms with van der Waals surface area (Å²) in [7, 11) is 1.86. The number of hydrogen-bond acceptors (Lipinski definition) is 4. The lowest BCUT2D eigenvalue weighted by Gasteiger charge is -2.09. The Morgan fingerprint density at radius 3 is 2.48 bits per heavy atom. The molecule has 3 aromatic heterocycles. The van der Waals surface area contributed by atoms with E-state index in [4.69, 9.17) is 0 Å². The number of carbonyl (C=O) groups is 1. The molecule has 4 rings (SSSR count). The molecule has 1 aromatic carbocycles. The van der Waals surface area contributed by atoms with Gasteiger partial charge in [-0.1, -0.05) is 32.0 Å². The molecule has 1 N–H and O–H groups in total. The van der Waals surface area contributed by atoms with Crippen LogP contribution in [0.1, 0.15) is 25.5 Å². The summed E-state index contributed by atoms with van der Waals surface area (Å²) in [6, 6.07) is 11.7. The number of rotatable bonds is 6. The van der Waals surface area contributed by atoms with Crippen LogP contribution in [0.15, 0.2) is 61.2 Å². The smallest absolute Gasteiger partial charge is 0.247 e. The Morgan fingerprint density at radius 1 is 1.07 bits per heavy atom.